The van der Waals surface area contributed by atoms with Crippen LogP contribution < -0.4 is 20.3 Å². The minimum absolute atomic E-state index is 0.268. The number of benzene rings is 2. The van der Waals surface area contributed by atoms with Crippen LogP contribution in [0.5, 0.6) is 5.75 Å². The van der Waals surface area contributed by atoms with Gasteiger partial charge < -0.3 is 20.3 Å². The van der Waals surface area contributed by atoms with Crippen molar-refractivity contribution >= 4 is 17.5 Å². The number of carbonyl (C=O) groups is 1. The zero-order valence-electron chi connectivity index (χ0n) is 17.7. The minimum Gasteiger partial charge on any atom is -0.497 e. The van der Waals surface area contributed by atoms with Crippen LogP contribution in [0.2, 0.25) is 0 Å². The molecule has 0 bridgehead atoms. The van der Waals surface area contributed by atoms with E-state index in [1.807, 2.05) is 48.5 Å². The van der Waals surface area contributed by atoms with Crippen molar-refractivity contribution in [2.75, 3.05) is 30.4 Å². The SMILES string of the molecule is COc1cccc(CNC(=O)Nc2cccc(-c3nccnc3N3CCCCC3)c2)c1. The summed E-state index contributed by atoms with van der Waals surface area (Å²) in [5.74, 6) is 1.67. The highest BCUT2D eigenvalue weighted by atomic mass is 16.5. The molecule has 2 heterocycles. The number of hydrogen-bond donors (Lipinski definition) is 2. The monoisotopic (exact) mass is 417 g/mol. The van der Waals surface area contributed by atoms with E-state index in [2.05, 4.69) is 25.5 Å². The molecule has 1 aliphatic heterocycles. The van der Waals surface area contributed by atoms with Gasteiger partial charge in [0, 0.05) is 43.3 Å². The van der Waals surface area contributed by atoms with Crippen molar-refractivity contribution in [2.24, 2.45) is 0 Å². The van der Waals surface area contributed by atoms with E-state index < -0.39 is 0 Å². The van der Waals surface area contributed by atoms with Crippen molar-refractivity contribution in [3.63, 3.8) is 0 Å². The summed E-state index contributed by atoms with van der Waals surface area (Å²) in [6.07, 6.45) is 7.05. The lowest BCUT2D eigenvalue weighted by Crippen LogP contribution is -2.30. The molecule has 1 saturated heterocycles. The molecule has 0 unspecified atom stereocenters. The lowest BCUT2D eigenvalue weighted by atomic mass is 10.1. The van der Waals surface area contributed by atoms with Gasteiger partial charge in [-0.15, -0.1) is 0 Å². The van der Waals surface area contributed by atoms with Crippen LogP contribution in [0, 0.1) is 0 Å². The normalized spacial score (nSPS) is 13.5. The van der Waals surface area contributed by atoms with Gasteiger partial charge in [0.15, 0.2) is 5.82 Å². The topological polar surface area (TPSA) is 79.4 Å². The Morgan fingerprint density at radius 2 is 1.84 bits per heavy atom. The van der Waals surface area contributed by atoms with E-state index in [1.165, 1.54) is 19.3 Å². The van der Waals surface area contributed by atoms with Gasteiger partial charge >= 0.3 is 6.03 Å². The highest BCUT2D eigenvalue weighted by Gasteiger charge is 2.18. The Morgan fingerprint density at radius 3 is 2.68 bits per heavy atom. The van der Waals surface area contributed by atoms with Gasteiger partial charge in [-0.1, -0.05) is 24.3 Å². The maximum absolute atomic E-state index is 12.4. The standard InChI is InChI=1S/C24H27N5O2/c1-31-21-10-5-7-18(15-21)17-27-24(30)28-20-9-6-8-19(16-20)22-23(26-12-11-25-22)29-13-3-2-4-14-29/h5-12,15-16H,2-4,13-14,17H2,1H3,(H2,27,28,30). The first-order chi connectivity index (χ1) is 15.2. The van der Waals surface area contributed by atoms with Crippen LogP contribution >= 0.6 is 0 Å². The number of amides is 2. The van der Waals surface area contributed by atoms with Crippen molar-refractivity contribution in [1.82, 2.24) is 15.3 Å². The molecule has 1 aromatic heterocycles. The predicted molar refractivity (Wildman–Crippen MR) is 122 cm³/mol. The van der Waals surface area contributed by atoms with E-state index in [-0.39, 0.29) is 6.03 Å². The maximum Gasteiger partial charge on any atom is 0.319 e. The molecule has 0 aliphatic carbocycles. The Kier molecular flexibility index (Phi) is 6.62. The number of methoxy groups -OCH3 is 1. The summed E-state index contributed by atoms with van der Waals surface area (Å²) in [5, 5.41) is 5.79. The molecule has 0 radical (unpaired) electrons. The zero-order chi connectivity index (χ0) is 21.5. The summed E-state index contributed by atoms with van der Waals surface area (Å²) in [6.45, 7) is 2.40. The first-order valence-corrected chi connectivity index (χ1v) is 10.6. The first kappa shape index (κ1) is 20.7. The summed E-state index contributed by atoms with van der Waals surface area (Å²) in [4.78, 5) is 23.9. The molecule has 0 spiro atoms. The molecule has 2 aromatic carbocycles. The highest BCUT2D eigenvalue weighted by molar-refractivity contribution is 5.90. The average Bonchev–Trinajstić information content (AvgIpc) is 2.83. The van der Waals surface area contributed by atoms with Gasteiger partial charge in [-0.25, -0.2) is 9.78 Å². The third-order valence-electron chi connectivity index (χ3n) is 5.32. The van der Waals surface area contributed by atoms with Crippen molar-refractivity contribution in [1.29, 1.82) is 0 Å². The molecule has 7 nitrogen and oxygen atoms in total. The van der Waals surface area contributed by atoms with Crippen molar-refractivity contribution < 1.29 is 9.53 Å². The van der Waals surface area contributed by atoms with Crippen LogP contribution in [0.4, 0.5) is 16.3 Å². The number of rotatable bonds is 6. The second kappa shape index (κ2) is 9.93. The van der Waals surface area contributed by atoms with Gasteiger partial charge in [0.1, 0.15) is 11.4 Å². The lowest BCUT2D eigenvalue weighted by molar-refractivity contribution is 0.251. The number of carbonyl (C=O) groups excluding carboxylic acids is 1. The van der Waals surface area contributed by atoms with Crippen molar-refractivity contribution in [3.8, 4) is 17.0 Å². The Morgan fingerprint density at radius 1 is 1.03 bits per heavy atom. The van der Waals surface area contributed by atoms with Crippen LogP contribution in [0.1, 0.15) is 24.8 Å². The van der Waals surface area contributed by atoms with E-state index in [4.69, 9.17) is 4.74 Å². The molecule has 2 amide bonds. The molecule has 1 fully saturated rings. The Bertz CT molecular complexity index is 1030. The number of nitrogens with one attached hydrogen (secondary N) is 2. The van der Waals surface area contributed by atoms with Gasteiger partial charge in [-0.05, 0) is 49.1 Å². The first-order valence-electron chi connectivity index (χ1n) is 10.6. The second-order valence-electron chi connectivity index (χ2n) is 7.52. The minimum atomic E-state index is -0.268. The Hall–Kier alpha value is -3.61. The maximum atomic E-state index is 12.4. The van der Waals surface area contributed by atoms with Crippen LogP contribution in [0.3, 0.4) is 0 Å². The van der Waals surface area contributed by atoms with E-state index in [0.29, 0.717) is 12.2 Å². The van der Waals surface area contributed by atoms with Gasteiger partial charge in [0.25, 0.3) is 0 Å². The summed E-state index contributed by atoms with van der Waals surface area (Å²) in [7, 11) is 1.63. The molecule has 2 N–H and O–H groups in total. The van der Waals surface area contributed by atoms with E-state index in [9.17, 15) is 4.79 Å². The average molecular weight is 418 g/mol. The smallest absolute Gasteiger partial charge is 0.319 e. The fourth-order valence-corrected chi connectivity index (χ4v) is 3.76. The third-order valence-corrected chi connectivity index (χ3v) is 5.32. The number of aromatic nitrogens is 2. The van der Waals surface area contributed by atoms with Crippen molar-refractivity contribution in [3.05, 3.63) is 66.5 Å². The molecular weight excluding hydrogens is 390 g/mol. The lowest BCUT2D eigenvalue weighted by Gasteiger charge is -2.28. The molecule has 160 valence electrons. The molecule has 31 heavy (non-hydrogen) atoms. The van der Waals surface area contributed by atoms with E-state index >= 15 is 0 Å². The number of nitrogens with zero attached hydrogens (tertiary/aromatic N) is 3. The van der Waals surface area contributed by atoms with Gasteiger partial charge in [-0.2, -0.15) is 0 Å². The predicted octanol–water partition coefficient (Wildman–Crippen LogP) is 4.46. The summed E-state index contributed by atoms with van der Waals surface area (Å²) in [6, 6.07) is 15.1. The molecule has 1 aliphatic rings. The third kappa shape index (κ3) is 5.31. The van der Waals surface area contributed by atoms with E-state index in [0.717, 1.165) is 41.5 Å². The van der Waals surface area contributed by atoms with Gasteiger partial charge in [0.2, 0.25) is 0 Å². The fourth-order valence-electron chi connectivity index (χ4n) is 3.76. The van der Waals surface area contributed by atoms with Crippen LogP contribution in [-0.2, 0) is 6.54 Å². The molecule has 3 aromatic rings. The number of ether oxygens (including phenoxy) is 1. The summed E-state index contributed by atoms with van der Waals surface area (Å²) < 4.78 is 5.22. The Balaban J connectivity index is 1.44. The quantitative estimate of drug-likeness (QED) is 0.619. The van der Waals surface area contributed by atoms with Crippen LogP contribution in [-0.4, -0.2) is 36.2 Å². The molecular formula is C24H27N5O2. The molecule has 4 rings (SSSR count). The fraction of sp³-hybridized carbons (Fsp3) is 0.292. The molecule has 7 heteroatoms. The molecule has 0 atom stereocenters. The number of hydrogen-bond acceptors (Lipinski definition) is 5. The van der Waals surface area contributed by atoms with Crippen LogP contribution in [0.25, 0.3) is 11.3 Å². The van der Waals surface area contributed by atoms with E-state index in [1.54, 1.807) is 19.5 Å². The summed E-state index contributed by atoms with van der Waals surface area (Å²) >= 11 is 0. The van der Waals surface area contributed by atoms with Gasteiger partial charge in [0.05, 0.1) is 7.11 Å². The van der Waals surface area contributed by atoms with Crippen molar-refractivity contribution in [2.45, 2.75) is 25.8 Å². The molecule has 0 saturated carbocycles. The number of piperidine rings is 1. The number of urea groups is 1. The zero-order valence-corrected chi connectivity index (χ0v) is 17.7. The number of anilines is 2. The highest BCUT2D eigenvalue weighted by Crippen LogP contribution is 2.30. The van der Waals surface area contributed by atoms with Crippen LogP contribution in [0.15, 0.2) is 60.9 Å². The van der Waals surface area contributed by atoms with Gasteiger partial charge in [-0.3, -0.25) is 4.98 Å². The second-order valence-corrected chi connectivity index (χ2v) is 7.52. The summed E-state index contributed by atoms with van der Waals surface area (Å²) in [5.41, 5.74) is 3.44. The Labute approximate surface area is 182 Å². The largest absolute Gasteiger partial charge is 0.497 e.